The molecule has 0 spiro atoms. The van der Waals surface area contributed by atoms with Gasteiger partial charge in [0.15, 0.2) is 0 Å². The van der Waals surface area contributed by atoms with Crippen LogP contribution in [0.1, 0.15) is 28.4 Å². The Morgan fingerprint density at radius 3 is 2.45 bits per heavy atom. The van der Waals surface area contributed by atoms with Crippen LogP contribution < -0.4 is 15.5 Å². The minimum absolute atomic E-state index is 0.165. The summed E-state index contributed by atoms with van der Waals surface area (Å²) in [7, 11) is 0. The van der Waals surface area contributed by atoms with Crippen molar-refractivity contribution in [2.75, 3.05) is 5.32 Å². The number of amides is 2. The first-order valence-corrected chi connectivity index (χ1v) is 9.08. The molecule has 6 heteroatoms. The molecule has 0 aliphatic heterocycles. The summed E-state index contributed by atoms with van der Waals surface area (Å²) in [6, 6.07) is 23.9. The Balaban J connectivity index is 1.54. The van der Waals surface area contributed by atoms with Crippen molar-refractivity contribution in [3.63, 3.8) is 0 Å². The summed E-state index contributed by atoms with van der Waals surface area (Å²) >= 11 is 0. The quantitative estimate of drug-likeness (QED) is 0.475. The molecule has 0 aromatic heterocycles. The molecule has 146 valence electrons. The first-order valence-electron chi connectivity index (χ1n) is 9.08. The van der Waals surface area contributed by atoms with Crippen molar-refractivity contribution in [2.24, 2.45) is 5.10 Å². The van der Waals surface area contributed by atoms with Crippen LogP contribution in [0.25, 0.3) is 0 Å². The molecule has 0 bridgehead atoms. The van der Waals surface area contributed by atoms with Crippen LogP contribution in [0.15, 0.2) is 84.0 Å². The van der Waals surface area contributed by atoms with Gasteiger partial charge in [0.05, 0.1) is 6.21 Å². The number of anilines is 1. The molecule has 3 aromatic carbocycles. The lowest BCUT2D eigenvalue weighted by atomic mass is 10.2. The zero-order valence-corrected chi connectivity index (χ0v) is 16.0. The lowest BCUT2D eigenvalue weighted by Crippen LogP contribution is -2.17. The van der Waals surface area contributed by atoms with Crippen LogP contribution in [0, 0.1) is 0 Å². The van der Waals surface area contributed by atoms with Crippen LogP contribution in [0.2, 0.25) is 0 Å². The number of benzene rings is 3. The number of nitrogens with one attached hydrogen (secondary N) is 2. The van der Waals surface area contributed by atoms with Crippen molar-refractivity contribution < 1.29 is 14.3 Å². The summed E-state index contributed by atoms with van der Waals surface area (Å²) in [5.74, 6) is 0.214. The highest BCUT2D eigenvalue weighted by Crippen LogP contribution is 2.14. The standard InChI is InChI=1S/C23H21N3O3/c1-17(27)25-21-12-10-20(11-13-21)23(28)26-24-15-19-8-5-9-22(14-19)29-16-18-6-3-2-4-7-18/h2-15H,16H2,1H3,(H,25,27)(H,26,28)/b24-15+. The molecule has 0 radical (unpaired) electrons. The highest BCUT2D eigenvalue weighted by molar-refractivity contribution is 5.96. The Morgan fingerprint density at radius 1 is 0.966 bits per heavy atom. The fraction of sp³-hybridized carbons (Fsp3) is 0.0870. The lowest BCUT2D eigenvalue weighted by Gasteiger charge is -2.07. The molecular weight excluding hydrogens is 366 g/mol. The molecule has 3 rings (SSSR count). The maximum Gasteiger partial charge on any atom is 0.271 e. The normalized spacial score (nSPS) is 10.5. The van der Waals surface area contributed by atoms with Gasteiger partial charge >= 0.3 is 0 Å². The van der Waals surface area contributed by atoms with E-state index >= 15 is 0 Å². The van der Waals surface area contributed by atoms with E-state index in [1.165, 1.54) is 6.92 Å². The van der Waals surface area contributed by atoms with Gasteiger partial charge in [0, 0.05) is 18.2 Å². The topological polar surface area (TPSA) is 79.8 Å². The molecule has 2 amide bonds. The minimum Gasteiger partial charge on any atom is -0.489 e. The van der Waals surface area contributed by atoms with E-state index in [0.29, 0.717) is 17.9 Å². The Hall–Kier alpha value is -3.93. The summed E-state index contributed by atoms with van der Waals surface area (Å²) in [5, 5.41) is 6.65. The molecule has 0 aliphatic rings. The van der Waals surface area contributed by atoms with E-state index in [1.54, 1.807) is 30.5 Å². The molecule has 0 aliphatic carbocycles. The van der Waals surface area contributed by atoms with Gasteiger partial charge in [-0.2, -0.15) is 5.10 Å². The van der Waals surface area contributed by atoms with Crippen molar-refractivity contribution in [3.05, 3.63) is 95.6 Å². The number of hydrazone groups is 1. The number of ether oxygens (including phenoxy) is 1. The fourth-order valence-electron chi connectivity index (χ4n) is 2.56. The monoisotopic (exact) mass is 387 g/mol. The van der Waals surface area contributed by atoms with Gasteiger partial charge < -0.3 is 10.1 Å². The van der Waals surface area contributed by atoms with E-state index in [2.05, 4.69) is 15.8 Å². The van der Waals surface area contributed by atoms with E-state index in [-0.39, 0.29) is 11.8 Å². The Labute approximate surface area is 169 Å². The molecule has 0 unspecified atom stereocenters. The maximum atomic E-state index is 12.2. The highest BCUT2D eigenvalue weighted by Gasteiger charge is 2.04. The molecule has 29 heavy (non-hydrogen) atoms. The average Bonchev–Trinajstić information content (AvgIpc) is 2.73. The number of carbonyl (C=O) groups is 2. The summed E-state index contributed by atoms with van der Waals surface area (Å²) in [4.78, 5) is 23.2. The first kappa shape index (κ1) is 19.8. The van der Waals surface area contributed by atoms with Crippen LogP contribution >= 0.6 is 0 Å². The van der Waals surface area contributed by atoms with Crippen LogP contribution in [-0.4, -0.2) is 18.0 Å². The SMILES string of the molecule is CC(=O)Nc1ccc(C(=O)N/N=C/c2cccc(OCc3ccccc3)c2)cc1. The van der Waals surface area contributed by atoms with Crippen molar-refractivity contribution >= 4 is 23.7 Å². The van der Waals surface area contributed by atoms with Gasteiger partial charge in [-0.05, 0) is 47.5 Å². The van der Waals surface area contributed by atoms with E-state index < -0.39 is 0 Å². The Bertz CT molecular complexity index is 999. The molecule has 2 N–H and O–H groups in total. The Kier molecular flexibility index (Phi) is 6.73. The van der Waals surface area contributed by atoms with Crippen LogP contribution in [0.4, 0.5) is 5.69 Å². The van der Waals surface area contributed by atoms with Gasteiger partial charge in [-0.15, -0.1) is 0 Å². The third kappa shape index (κ3) is 6.32. The van der Waals surface area contributed by atoms with Crippen LogP contribution in [0.3, 0.4) is 0 Å². The second kappa shape index (κ2) is 9.85. The van der Waals surface area contributed by atoms with Crippen molar-refractivity contribution in [3.8, 4) is 5.75 Å². The first-order chi connectivity index (χ1) is 14.1. The third-order valence-electron chi connectivity index (χ3n) is 3.95. The van der Waals surface area contributed by atoms with Gasteiger partial charge in [0.25, 0.3) is 5.91 Å². The summed E-state index contributed by atoms with van der Waals surface area (Å²) < 4.78 is 5.79. The summed E-state index contributed by atoms with van der Waals surface area (Å²) in [5.41, 5.74) is 5.45. The predicted octanol–water partition coefficient (Wildman–Crippen LogP) is 3.99. The van der Waals surface area contributed by atoms with Crippen LogP contribution in [0.5, 0.6) is 5.75 Å². The number of carbonyl (C=O) groups excluding carboxylic acids is 2. The molecule has 0 heterocycles. The van der Waals surface area contributed by atoms with Crippen molar-refractivity contribution in [1.82, 2.24) is 5.43 Å². The predicted molar refractivity (Wildman–Crippen MR) is 113 cm³/mol. The zero-order chi connectivity index (χ0) is 20.5. The maximum absolute atomic E-state index is 12.2. The van der Waals surface area contributed by atoms with E-state index in [9.17, 15) is 9.59 Å². The Morgan fingerprint density at radius 2 is 1.72 bits per heavy atom. The smallest absolute Gasteiger partial charge is 0.271 e. The number of rotatable bonds is 7. The van der Waals surface area contributed by atoms with Gasteiger partial charge in [-0.25, -0.2) is 5.43 Å². The van der Waals surface area contributed by atoms with E-state index in [0.717, 1.165) is 16.9 Å². The molecule has 0 atom stereocenters. The van der Waals surface area contributed by atoms with Crippen molar-refractivity contribution in [1.29, 1.82) is 0 Å². The van der Waals surface area contributed by atoms with Crippen molar-refractivity contribution in [2.45, 2.75) is 13.5 Å². The third-order valence-corrected chi connectivity index (χ3v) is 3.95. The number of nitrogens with zero attached hydrogens (tertiary/aromatic N) is 1. The molecule has 0 saturated carbocycles. The van der Waals surface area contributed by atoms with E-state index in [1.807, 2.05) is 54.6 Å². The summed E-state index contributed by atoms with van der Waals surface area (Å²) in [6.07, 6.45) is 1.55. The second-order valence-corrected chi connectivity index (χ2v) is 6.30. The van der Waals surface area contributed by atoms with Gasteiger partial charge in [-0.3, -0.25) is 9.59 Å². The van der Waals surface area contributed by atoms with Crippen LogP contribution in [-0.2, 0) is 11.4 Å². The fourth-order valence-corrected chi connectivity index (χ4v) is 2.56. The molecule has 0 fully saturated rings. The van der Waals surface area contributed by atoms with Gasteiger partial charge in [-0.1, -0.05) is 42.5 Å². The average molecular weight is 387 g/mol. The molecule has 3 aromatic rings. The molecule has 0 saturated heterocycles. The summed E-state index contributed by atoms with van der Waals surface area (Å²) in [6.45, 7) is 1.91. The van der Waals surface area contributed by atoms with E-state index in [4.69, 9.17) is 4.74 Å². The lowest BCUT2D eigenvalue weighted by molar-refractivity contribution is -0.114. The second-order valence-electron chi connectivity index (χ2n) is 6.30. The zero-order valence-electron chi connectivity index (χ0n) is 16.0. The molecular formula is C23H21N3O3. The molecule has 6 nitrogen and oxygen atoms in total. The minimum atomic E-state index is -0.341. The van der Waals surface area contributed by atoms with Gasteiger partial charge in [0.2, 0.25) is 5.91 Å². The largest absolute Gasteiger partial charge is 0.489 e. The highest BCUT2D eigenvalue weighted by atomic mass is 16.5. The number of hydrogen-bond acceptors (Lipinski definition) is 4. The number of hydrogen-bond donors (Lipinski definition) is 2. The van der Waals surface area contributed by atoms with Gasteiger partial charge in [0.1, 0.15) is 12.4 Å².